The van der Waals surface area contributed by atoms with Crippen molar-refractivity contribution in [3.63, 3.8) is 0 Å². The van der Waals surface area contributed by atoms with E-state index in [1.165, 1.54) is 4.90 Å². The molecule has 0 saturated heterocycles. The molecule has 0 fully saturated rings. The van der Waals surface area contributed by atoms with Gasteiger partial charge in [-0.2, -0.15) is 4.99 Å². The average molecular weight is 418 g/mol. The van der Waals surface area contributed by atoms with Crippen molar-refractivity contribution >= 4 is 46.0 Å². The zero-order valence-electron chi connectivity index (χ0n) is 14.5. The number of amidine groups is 1. The minimum atomic E-state index is -2.02. The van der Waals surface area contributed by atoms with Gasteiger partial charge >= 0.3 is 0 Å². The lowest BCUT2D eigenvalue weighted by Crippen LogP contribution is -2.50. The van der Waals surface area contributed by atoms with E-state index < -0.39 is 22.7 Å². The van der Waals surface area contributed by atoms with Gasteiger partial charge in [0.25, 0.3) is 11.8 Å². The van der Waals surface area contributed by atoms with E-state index in [1.54, 1.807) is 48.5 Å². The molecule has 28 heavy (non-hydrogen) atoms. The summed E-state index contributed by atoms with van der Waals surface area (Å²) in [7, 11) is 0. The Bertz CT molecular complexity index is 981. The molecule has 2 amide bonds. The Labute approximate surface area is 170 Å². The monoisotopic (exact) mass is 417 g/mol. The third-order valence-electron chi connectivity index (χ3n) is 4.64. The Morgan fingerprint density at radius 3 is 2.61 bits per heavy atom. The van der Waals surface area contributed by atoms with Crippen LogP contribution >= 0.6 is 23.4 Å². The van der Waals surface area contributed by atoms with Gasteiger partial charge in [-0.3, -0.25) is 9.59 Å². The van der Waals surface area contributed by atoms with E-state index in [0.29, 0.717) is 22.0 Å². The van der Waals surface area contributed by atoms with Crippen molar-refractivity contribution in [1.29, 1.82) is 0 Å². The highest BCUT2D eigenvalue weighted by Crippen LogP contribution is 2.47. The number of hydrogen-bond acceptors (Lipinski definition) is 6. The van der Waals surface area contributed by atoms with E-state index in [0.717, 1.165) is 11.8 Å². The number of carbonyl (C=O) groups excluding carboxylic acids is 2. The zero-order chi connectivity index (χ0) is 19.9. The van der Waals surface area contributed by atoms with Crippen molar-refractivity contribution in [3.05, 3.63) is 59.1 Å². The van der Waals surface area contributed by atoms with Gasteiger partial charge in [0.05, 0.1) is 12.2 Å². The number of thioether (sulfide) groups is 1. The largest absolute Gasteiger partial charge is 0.492 e. The van der Waals surface area contributed by atoms with Crippen LogP contribution in [0, 0.1) is 0 Å². The summed E-state index contributed by atoms with van der Waals surface area (Å²) in [5.74, 6) is -0.598. The molecule has 0 saturated carbocycles. The van der Waals surface area contributed by atoms with Gasteiger partial charge in [0.15, 0.2) is 10.8 Å². The van der Waals surface area contributed by atoms with Crippen LogP contribution in [0.4, 0.5) is 5.69 Å². The molecular weight excluding hydrogens is 402 g/mol. The number of fused-ring (bicyclic) bond motifs is 1. The van der Waals surface area contributed by atoms with Crippen LogP contribution in [0.1, 0.15) is 5.56 Å². The summed E-state index contributed by atoms with van der Waals surface area (Å²) >= 11 is 6.75. The maximum Gasteiger partial charge on any atom is 0.265 e. The summed E-state index contributed by atoms with van der Waals surface area (Å²) in [5.41, 5.74) is 4.50. The number of nitrogens with two attached hydrogens (primary N) is 1. The summed E-state index contributed by atoms with van der Waals surface area (Å²) in [6.07, 6.45) is 0. The average Bonchev–Trinajstić information content (AvgIpc) is 3.13. The molecule has 4 rings (SSSR count). The molecule has 2 heterocycles. The predicted molar refractivity (Wildman–Crippen MR) is 108 cm³/mol. The van der Waals surface area contributed by atoms with Gasteiger partial charge in [-0.25, -0.2) is 0 Å². The Kier molecular flexibility index (Phi) is 4.78. The Morgan fingerprint density at radius 1 is 1.21 bits per heavy atom. The molecule has 0 bridgehead atoms. The van der Waals surface area contributed by atoms with Crippen LogP contribution in [0.15, 0.2) is 53.5 Å². The predicted octanol–water partition coefficient (Wildman–Crippen LogP) is 1.91. The fraction of sp³-hybridized carbons (Fsp3) is 0.211. The number of amides is 2. The number of hydrogen-bond donors (Lipinski definition) is 2. The second-order valence-corrected chi connectivity index (χ2v) is 7.89. The van der Waals surface area contributed by atoms with E-state index in [-0.39, 0.29) is 18.3 Å². The van der Waals surface area contributed by atoms with Gasteiger partial charge in [0.2, 0.25) is 0 Å². The summed E-state index contributed by atoms with van der Waals surface area (Å²) in [6, 6.07) is 13.7. The van der Waals surface area contributed by atoms with Crippen LogP contribution in [0.5, 0.6) is 5.75 Å². The first-order valence-electron chi connectivity index (χ1n) is 8.48. The minimum absolute atomic E-state index is 0.0400. The van der Waals surface area contributed by atoms with Crippen molar-refractivity contribution in [2.45, 2.75) is 10.9 Å². The lowest BCUT2D eigenvalue weighted by Gasteiger charge is -2.26. The number of benzene rings is 2. The summed E-state index contributed by atoms with van der Waals surface area (Å²) in [4.78, 5) is 30.4. The van der Waals surface area contributed by atoms with Crippen molar-refractivity contribution in [1.82, 2.24) is 0 Å². The first kappa shape index (κ1) is 18.8. The van der Waals surface area contributed by atoms with Gasteiger partial charge in [-0.1, -0.05) is 41.6 Å². The van der Waals surface area contributed by atoms with Crippen LogP contribution in [0.2, 0.25) is 5.02 Å². The number of ether oxygens (including phenoxy) is 1. The van der Waals surface area contributed by atoms with Gasteiger partial charge in [0.1, 0.15) is 17.6 Å². The molecule has 2 aliphatic rings. The van der Waals surface area contributed by atoms with Crippen molar-refractivity contribution in [2.24, 2.45) is 10.7 Å². The summed E-state index contributed by atoms with van der Waals surface area (Å²) in [6.45, 7) is 0.394. The van der Waals surface area contributed by atoms with Crippen LogP contribution < -0.4 is 15.4 Å². The smallest absolute Gasteiger partial charge is 0.265 e. The first-order valence-corrected chi connectivity index (χ1v) is 9.74. The normalized spacial score (nSPS) is 23.7. The molecule has 0 aliphatic carbocycles. The number of aliphatic hydroxyl groups is 1. The molecule has 9 heteroatoms. The number of carbonyl (C=O) groups is 2. The summed E-state index contributed by atoms with van der Waals surface area (Å²) < 4.78 is 5.67. The molecule has 0 spiro atoms. The molecule has 7 nitrogen and oxygen atoms in total. The van der Waals surface area contributed by atoms with Crippen LogP contribution in [-0.2, 0) is 15.2 Å². The van der Waals surface area contributed by atoms with Crippen molar-refractivity contribution in [3.8, 4) is 5.75 Å². The van der Waals surface area contributed by atoms with Crippen LogP contribution in [0.25, 0.3) is 0 Å². The quantitative estimate of drug-likeness (QED) is 0.769. The molecule has 0 aromatic heterocycles. The van der Waals surface area contributed by atoms with Crippen LogP contribution in [0.3, 0.4) is 0 Å². The van der Waals surface area contributed by atoms with E-state index in [4.69, 9.17) is 22.1 Å². The van der Waals surface area contributed by atoms with Crippen LogP contribution in [-0.4, -0.2) is 40.5 Å². The lowest BCUT2D eigenvalue weighted by molar-refractivity contribution is -0.140. The number of rotatable bonds is 5. The number of para-hydroxylation sites is 1. The van der Waals surface area contributed by atoms with Gasteiger partial charge in [-0.15, -0.1) is 0 Å². The number of halogens is 1. The number of nitrogens with zero attached hydrogens (tertiary/aromatic N) is 2. The Hall–Kier alpha value is -2.55. The summed E-state index contributed by atoms with van der Waals surface area (Å²) in [5, 5.41) is 10.8. The molecule has 2 aromatic rings. The standard InChI is InChI=1S/C19H16ClN3O4S/c20-11-5-7-12(8-6-11)27-10-9-23-14-4-2-1-3-13(14)19(26,17(23)25)15-16(24)22-18(21)28-15/h1-8,15,26H,9-10H2,(H2,21,22,24). The van der Waals surface area contributed by atoms with Crippen molar-refractivity contribution < 1.29 is 19.4 Å². The lowest BCUT2D eigenvalue weighted by atomic mass is 9.91. The zero-order valence-corrected chi connectivity index (χ0v) is 16.1. The van der Waals surface area contributed by atoms with Gasteiger partial charge < -0.3 is 20.5 Å². The van der Waals surface area contributed by atoms with Gasteiger partial charge in [0, 0.05) is 10.6 Å². The topological polar surface area (TPSA) is 105 Å². The van der Waals surface area contributed by atoms with Gasteiger partial charge in [-0.05, 0) is 30.3 Å². The molecule has 0 radical (unpaired) electrons. The van der Waals surface area contributed by atoms with E-state index in [9.17, 15) is 14.7 Å². The first-order chi connectivity index (χ1) is 13.4. The molecule has 3 N–H and O–H groups in total. The molecule has 2 atom stereocenters. The Balaban J connectivity index is 1.57. The van der Waals surface area contributed by atoms with E-state index >= 15 is 0 Å². The molecular formula is C19H16ClN3O4S. The fourth-order valence-corrected chi connectivity index (χ4v) is 4.41. The third-order valence-corrected chi connectivity index (χ3v) is 6.00. The SMILES string of the molecule is NC1=NC(=O)C(C2(O)C(=O)N(CCOc3ccc(Cl)cc3)c3ccccc32)S1. The van der Waals surface area contributed by atoms with E-state index in [2.05, 4.69) is 4.99 Å². The molecule has 2 aromatic carbocycles. The maximum absolute atomic E-state index is 13.2. The van der Waals surface area contributed by atoms with Crippen molar-refractivity contribution in [2.75, 3.05) is 18.1 Å². The second-order valence-electron chi connectivity index (χ2n) is 6.33. The third kappa shape index (κ3) is 3.03. The molecule has 2 unspecified atom stereocenters. The minimum Gasteiger partial charge on any atom is -0.492 e. The number of anilines is 1. The van der Waals surface area contributed by atoms with E-state index in [1.807, 2.05) is 0 Å². The maximum atomic E-state index is 13.2. The highest BCUT2D eigenvalue weighted by Gasteiger charge is 2.59. The fourth-order valence-electron chi connectivity index (χ4n) is 3.35. The molecule has 2 aliphatic heterocycles. The highest BCUT2D eigenvalue weighted by molar-refractivity contribution is 8.15. The molecule has 144 valence electrons. The second kappa shape index (κ2) is 7.12. The number of aliphatic imine (C=N–C) groups is 1. The highest BCUT2D eigenvalue weighted by atomic mass is 35.5. The Morgan fingerprint density at radius 2 is 1.93 bits per heavy atom.